The van der Waals surface area contributed by atoms with E-state index in [2.05, 4.69) is 18.7 Å². The summed E-state index contributed by atoms with van der Waals surface area (Å²) in [6.07, 6.45) is 5.59. The van der Waals surface area contributed by atoms with Crippen molar-refractivity contribution in [3.8, 4) is 0 Å². The smallest absolute Gasteiger partial charge is 0.146 e. The maximum absolute atomic E-state index is 14.3. The van der Waals surface area contributed by atoms with Crippen LogP contribution in [0.15, 0.2) is 18.2 Å². The molecule has 0 spiro atoms. The van der Waals surface area contributed by atoms with E-state index in [1.807, 2.05) is 12.1 Å². The summed E-state index contributed by atoms with van der Waals surface area (Å²) in [6.45, 7) is 6.01. The zero-order chi connectivity index (χ0) is 14.5. The van der Waals surface area contributed by atoms with Crippen LogP contribution >= 0.6 is 0 Å². The van der Waals surface area contributed by atoms with E-state index in [-0.39, 0.29) is 11.9 Å². The van der Waals surface area contributed by atoms with Crippen LogP contribution in [-0.2, 0) is 6.42 Å². The molecule has 2 N–H and O–H groups in total. The van der Waals surface area contributed by atoms with Gasteiger partial charge < -0.3 is 10.6 Å². The number of halogens is 1. The highest BCUT2D eigenvalue weighted by atomic mass is 19.1. The molecule has 20 heavy (non-hydrogen) atoms. The van der Waals surface area contributed by atoms with Gasteiger partial charge in [-0.05, 0) is 56.2 Å². The van der Waals surface area contributed by atoms with Gasteiger partial charge in [0.25, 0.3) is 0 Å². The third-order valence-electron chi connectivity index (χ3n) is 4.46. The van der Waals surface area contributed by atoms with Crippen molar-refractivity contribution in [2.45, 2.75) is 52.0 Å². The van der Waals surface area contributed by atoms with E-state index in [1.54, 1.807) is 6.07 Å². The van der Waals surface area contributed by atoms with Crippen molar-refractivity contribution in [1.82, 2.24) is 0 Å². The molecule has 1 unspecified atom stereocenters. The van der Waals surface area contributed by atoms with Gasteiger partial charge >= 0.3 is 0 Å². The van der Waals surface area contributed by atoms with E-state index >= 15 is 0 Å². The van der Waals surface area contributed by atoms with Gasteiger partial charge in [-0.2, -0.15) is 0 Å². The molecule has 112 valence electrons. The van der Waals surface area contributed by atoms with Crippen LogP contribution < -0.4 is 10.6 Å². The highest BCUT2D eigenvalue weighted by Gasteiger charge is 2.21. The Morgan fingerprint density at radius 2 is 2.10 bits per heavy atom. The van der Waals surface area contributed by atoms with E-state index in [1.165, 1.54) is 19.3 Å². The first-order valence-electron chi connectivity index (χ1n) is 7.93. The van der Waals surface area contributed by atoms with Crippen molar-refractivity contribution in [2.24, 2.45) is 11.7 Å². The molecular weight excluding hydrogens is 251 g/mol. The Morgan fingerprint density at radius 3 is 2.60 bits per heavy atom. The van der Waals surface area contributed by atoms with Gasteiger partial charge in [0.15, 0.2) is 0 Å². The quantitative estimate of drug-likeness (QED) is 0.823. The number of hydrogen-bond donors (Lipinski definition) is 1. The van der Waals surface area contributed by atoms with Gasteiger partial charge in [0, 0.05) is 19.1 Å². The van der Waals surface area contributed by atoms with Gasteiger partial charge in [0.05, 0.1) is 5.69 Å². The van der Waals surface area contributed by atoms with E-state index in [9.17, 15) is 4.39 Å². The highest BCUT2D eigenvalue weighted by Crippen LogP contribution is 2.30. The molecule has 1 atom stereocenters. The first kappa shape index (κ1) is 15.3. The molecule has 2 nitrogen and oxygen atoms in total. The number of hydrogen-bond acceptors (Lipinski definition) is 2. The van der Waals surface area contributed by atoms with E-state index in [0.717, 1.165) is 43.1 Å². The minimum atomic E-state index is -0.105. The van der Waals surface area contributed by atoms with Crippen molar-refractivity contribution >= 4 is 5.69 Å². The summed E-state index contributed by atoms with van der Waals surface area (Å²) in [5.41, 5.74) is 7.68. The van der Waals surface area contributed by atoms with E-state index < -0.39 is 0 Å². The summed E-state index contributed by atoms with van der Waals surface area (Å²) in [5, 5.41) is 0. The van der Waals surface area contributed by atoms with Crippen LogP contribution in [-0.4, -0.2) is 19.1 Å². The molecule has 0 aromatic heterocycles. The second-order valence-corrected chi connectivity index (χ2v) is 5.99. The van der Waals surface area contributed by atoms with Gasteiger partial charge in [-0.3, -0.25) is 0 Å². The predicted octanol–water partition coefficient (Wildman–Crippen LogP) is 3.73. The third kappa shape index (κ3) is 3.72. The molecule has 0 amide bonds. The van der Waals surface area contributed by atoms with Crippen molar-refractivity contribution in [2.75, 3.05) is 18.0 Å². The standard InChI is InChI=1S/C17H27FN2/c1-3-15(19)10-14-8-9-17(16(18)11-14)20(4-2)12-13-6-5-7-13/h8-9,11,13,15H,3-7,10,12,19H2,1-2H3. The fourth-order valence-electron chi connectivity index (χ4n) is 2.77. The zero-order valence-electron chi connectivity index (χ0n) is 12.7. The van der Waals surface area contributed by atoms with Crippen molar-refractivity contribution < 1.29 is 4.39 Å². The first-order chi connectivity index (χ1) is 9.63. The molecule has 0 aliphatic heterocycles. The maximum Gasteiger partial charge on any atom is 0.146 e. The van der Waals surface area contributed by atoms with Crippen LogP contribution in [0, 0.1) is 11.7 Å². The molecular formula is C17H27FN2. The van der Waals surface area contributed by atoms with Gasteiger partial charge in [0.1, 0.15) is 5.82 Å². The highest BCUT2D eigenvalue weighted by molar-refractivity contribution is 5.49. The Kier molecular flexibility index (Phi) is 5.41. The molecule has 1 aliphatic carbocycles. The lowest BCUT2D eigenvalue weighted by Crippen LogP contribution is -2.33. The van der Waals surface area contributed by atoms with Gasteiger partial charge in [0.2, 0.25) is 0 Å². The van der Waals surface area contributed by atoms with E-state index in [0.29, 0.717) is 0 Å². The minimum absolute atomic E-state index is 0.105. The lowest BCUT2D eigenvalue weighted by atomic mass is 9.85. The van der Waals surface area contributed by atoms with Crippen LogP contribution in [0.4, 0.5) is 10.1 Å². The number of rotatable bonds is 7. The molecule has 3 heteroatoms. The molecule has 1 aliphatic rings. The molecule has 0 bridgehead atoms. The van der Waals surface area contributed by atoms with Gasteiger partial charge in [-0.25, -0.2) is 4.39 Å². The fourth-order valence-corrected chi connectivity index (χ4v) is 2.77. The zero-order valence-corrected chi connectivity index (χ0v) is 12.7. The second kappa shape index (κ2) is 7.07. The molecule has 2 rings (SSSR count). The third-order valence-corrected chi connectivity index (χ3v) is 4.46. The monoisotopic (exact) mass is 278 g/mol. The van der Waals surface area contributed by atoms with Crippen molar-refractivity contribution in [3.63, 3.8) is 0 Å². The lowest BCUT2D eigenvalue weighted by Gasteiger charge is -2.33. The Bertz CT molecular complexity index is 429. The molecule has 0 saturated heterocycles. The number of nitrogens with two attached hydrogens (primary N) is 1. The van der Waals surface area contributed by atoms with Crippen LogP contribution in [0.1, 0.15) is 45.1 Å². The normalized spacial score (nSPS) is 16.8. The maximum atomic E-state index is 14.3. The van der Waals surface area contributed by atoms with Crippen molar-refractivity contribution in [1.29, 1.82) is 0 Å². The number of benzene rings is 1. The molecule has 1 aromatic rings. The average Bonchev–Trinajstić information content (AvgIpc) is 2.39. The van der Waals surface area contributed by atoms with Crippen LogP contribution in [0.5, 0.6) is 0 Å². The summed E-state index contributed by atoms with van der Waals surface area (Å²) in [7, 11) is 0. The van der Waals surface area contributed by atoms with E-state index in [4.69, 9.17) is 5.73 Å². The predicted molar refractivity (Wildman–Crippen MR) is 83.6 cm³/mol. The molecule has 1 aromatic carbocycles. The topological polar surface area (TPSA) is 29.3 Å². The summed E-state index contributed by atoms with van der Waals surface area (Å²) in [4.78, 5) is 2.17. The largest absolute Gasteiger partial charge is 0.369 e. The Labute approximate surface area is 122 Å². The Balaban J connectivity index is 2.06. The fraction of sp³-hybridized carbons (Fsp3) is 0.647. The van der Waals surface area contributed by atoms with Crippen molar-refractivity contribution in [3.05, 3.63) is 29.6 Å². The van der Waals surface area contributed by atoms with Gasteiger partial charge in [-0.15, -0.1) is 0 Å². The van der Waals surface area contributed by atoms with Crippen LogP contribution in [0.3, 0.4) is 0 Å². The SMILES string of the molecule is CCC(N)Cc1ccc(N(CC)CC2CCC2)c(F)c1. The average molecular weight is 278 g/mol. The molecule has 0 radical (unpaired) electrons. The van der Waals surface area contributed by atoms with Crippen LogP contribution in [0.25, 0.3) is 0 Å². The summed E-state index contributed by atoms with van der Waals surface area (Å²) in [6, 6.07) is 5.73. The lowest BCUT2D eigenvalue weighted by molar-refractivity contribution is 0.318. The molecule has 0 heterocycles. The summed E-state index contributed by atoms with van der Waals surface area (Å²) in [5.74, 6) is 0.648. The van der Waals surface area contributed by atoms with Gasteiger partial charge in [-0.1, -0.05) is 19.4 Å². The molecule has 1 fully saturated rings. The summed E-state index contributed by atoms with van der Waals surface area (Å²) < 4.78 is 14.3. The van der Waals surface area contributed by atoms with Crippen LogP contribution in [0.2, 0.25) is 0 Å². The Hall–Kier alpha value is -1.09. The summed E-state index contributed by atoms with van der Waals surface area (Å²) >= 11 is 0. The second-order valence-electron chi connectivity index (χ2n) is 5.99. The number of nitrogens with zero attached hydrogens (tertiary/aromatic N) is 1. The minimum Gasteiger partial charge on any atom is -0.369 e. The number of anilines is 1. The Morgan fingerprint density at radius 1 is 1.35 bits per heavy atom. The first-order valence-corrected chi connectivity index (χ1v) is 7.93. The molecule has 1 saturated carbocycles.